The van der Waals surface area contributed by atoms with E-state index in [0.29, 0.717) is 11.1 Å². The van der Waals surface area contributed by atoms with E-state index in [1.54, 1.807) is 32.0 Å². The Morgan fingerprint density at radius 3 is 2.22 bits per heavy atom. The number of hydrogen-bond donors (Lipinski definition) is 1. The van der Waals surface area contributed by atoms with Crippen molar-refractivity contribution >= 4 is 7.75 Å². The minimum Gasteiger partial charge on any atom is -0.413 e. The Bertz CT molecular complexity index is 456. The molecule has 0 aliphatic carbocycles. The van der Waals surface area contributed by atoms with Gasteiger partial charge < -0.3 is 4.52 Å². The van der Waals surface area contributed by atoms with Gasteiger partial charge in [-0.15, -0.1) is 0 Å². The van der Waals surface area contributed by atoms with Crippen molar-refractivity contribution in [1.29, 1.82) is 0 Å². The van der Waals surface area contributed by atoms with Crippen molar-refractivity contribution < 1.29 is 26.8 Å². The quantitative estimate of drug-likeness (QED) is 0.861. The molecular weight excluding hydrogens is 270 g/mol. The van der Waals surface area contributed by atoms with Crippen LogP contribution < -0.4 is 10.0 Å². The Kier molecular flexibility index (Phi) is 4.42. The summed E-state index contributed by atoms with van der Waals surface area (Å²) in [4.78, 5) is 0. The summed E-state index contributed by atoms with van der Waals surface area (Å²) >= 11 is 0. The summed E-state index contributed by atoms with van der Waals surface area (Å²) in [7, 11) is -4.28. The Hall–Kier alpha value is -1.04. The Morgan fingerprint density at radius 2 is 1.78 bits per heavy atom. The van der Waals surface area contributed by atoms with Crippen LogP contribution in [0.15, 0.2) is 18.2 Å². The van der Waals surface area contributed by atoms with Crippen molar-refractivity contribution in [3.63, 3.8) is 0 Å². The van der Waals surface area contributed by atoms with E-state index < -0.39 is 20.5 Å². The van der Waals surface area contributed by atoms with Gasteiger partial charge in [-0.1, -0.05) is 18.2 Å². The minimum absolute atomic E-state index is 0.172. The molecule has 0 bridgehead atoms. The highest BCUT2D eigenvalue weighted by Crippen LogP contribution is 2.43. The fourth-order valence-corrected chi connectivity index (χ4v) is 2.18. The first kappa shape index (κ1) is 15.0. The van der Waals surface area contributed by atoms with Crippen LogP contribution in [0.25, 0.3) is 0 Å². The van der Waals surface area contributed by atoms with E-state index >= 15 is 0 Å². The molecule has 0 radical (unpaired) electrons. The molecule has 0 saturated carbocycles. The predicted molar refractivity (Wildman–Crippen MR) is 60.3 cm³/mol. The molecule has 0 aliphatic rings. The third-order valence-electron chi connectivity index (χ3n) is 2.04. The maximum Gasteiger partial charge on any atom is 0.456 e. The molecule has 0 saturated heterocycles. The lowest BCUT2D eigenvalue weighted by molar-refractivity contribution is -0.154. The lowest BCUT2D eigenvalue weighted by atomic mass is 10.1. The van der Waals surface area contributed by atoms with Gasteiger partial charge in [0.05, 0.1) is 0 Å². The van der Waals surface area contributed by atoms with Gasteiger partial charge >= 0.3 is 13.9 Å². The van der Waals surface area contributed by atoms with Gasteiger partial charge in [-0.2, -0.15) is 13.2 Å². The molecule has 1 aromatic carbocycles. The van der Waals surface area contributed by atoms with Gasteiger partial charge in [-0.25, -0.2) is 10.1 Å². The van der Waals surface area contributed by atoms with Crippen molar-refractivity contribution in [2.24, 2.45) is 5.50 Å². The normalized spacial score (nSPS) is 15.2. The number of halogens is 3. The molecule has 0 amide bonds. The van der Waals surface area contributed by atoms with E-state index in [9.17, 15) is 17.7 Å². The fraction of sp³-hybridized carbons (Fsp3) is 0.400. The number of aryl methyl sites for hydroxylation is 2. The maximum absolute atomic E-state index is 11.9. The molecule has 18 heavy (non-hydrogen) atoms. The maximum atomic E-state index is 11.9. The van der Waals surface area contributed by atoms with Gasteiger partial charge in [0.2, 0.25) is 0 Å². The molecule has 8 heteroatoms. The van der Waals surface area contributed by atoms with Crippen LogP contribution in [-0.4, -0.2) is 12.8 Å². The number of alkyl halides is 3. The molecule has 0 aromatic heterocycles. The summed E-state index contributed by atoms with van der Waals surface area (Å²) < 4.78 is 56.3. The first-order chi connectivity index (χ1) is 8.11. The molecule has 1 rings (SSSR count). The Balaban J connectivity index is 2.80. The van der Waals surface area contributed by atoms with Gasteiger partial charge in [-0.05, 0) is 25.0 Å². The zero-order valence-corrected chi connectivity index (χ0v) is 10.7. The lowest BCUT2D eigenvalue weighted by Crippen LogP contribution is -2.19. The van der Waals surface area contributed by atoms with E-state index in [1.807, 2.05) is 0 Å². The summed E-state index contributed by atoms with van der Waals surface area (Å²) in [5, 5.41) is 0. The molecule has 1 atom stereocenters. The average Bonchev–Trinajstić information content (AvgIpc) is 2.20. The summed E-state index contributed by atoms with van der Waals surface area (Å²) in [6.45, 7) is 1.60. The van der Waals surface area contributed by atoms with E-state index in [4.69, 9.17) is 10.0 Å². The van der Waals surface area contributed by atoms with Crippen LogP contribution in [0.1, 0.15) is 11.1 Å². The monoisotopic (exact) mass is 283 g/mol. The Labute approximate surface area is 102 Å². The first-order valence-corrected chi connectivity index (χ1v) is 6.58. The number of hydrogen-bond acceptors (Lipinski definition) is 3. The highest BCUT2D eigenvalue weighted by atomic mass is 31.2. The zero-order valence-electron chi connectivity index (χ0n) is 9.82. The third-order valence-corrected chi connectivity index (χ3v) is 2.96. The summed E-state index contributed by atoms with van der Waals surface area (Å²) in [5.74, 6) is 0.172. The van der Waals surface area contributed by atoms with Crippen LogP contribution in [0.3, 0.4) is 0 Å². The van der Waals surface area contributed by atoms with Crippen molar-refractivity contribution in [2.45, 2.75) is 20.0 Å². The molecule has 0 aliphatic heterocycles. The number of benzene rings is 1. The smallest absolute Gasteiger partial charge is 0.413 e. The highest BCUT2D eigenvalue weighted by molar-refractivity contribution is 7.51. The topological polar surface area (TPSA) is 61.5 Å². The van der Waals surface area contributed by atoms with Crippen LogP contribution in [0.5, 0.6) is 5.75 Å². The minimum atomic E-state index is -4.61. The summed E-state index contributed by atoms with van der Waals surface area (Å²) in [6, 6.07) is 5.05. The first-order valence-electron chi connectivity index (χ1n) is 4.96. The molecule has 4 nitrogen and oxygen atoms in total. The molecule has 2 N–H and O–H groups in total. The molecule has 1 aromatic rings. The van der Waals surface area contributed by atoms with Crippen molar-refractivity contribution in [2.75, 3.05) is 6.61 Å². The van der Waals surface area contributed by atoms with Crippen molar-refractivity contribution in [3.8, 4) is 5.75 Å². The lowest BCUT2D eigenvalue weighted by Gasteiger charge is -2.18. The van der Waals surface area contributed by atoms with Gasteiger partial charge in [0.1, 0.15) is 5.75 Å². The van der Waals surface area contributed by atoms with Gasteiger partial charge in [-0.3, -0.25) is 4.52 Å². The van der Waals surface area contributed by atoms with Crippen LogP contribution in [0.2, 0.25) is 0 Å². The fourth-order valence-electron chi connectivity index (χ4n) is 1.26. The van der Waals surface area contributed by atoms with Gasteiger partial charge in [0.25, 0.3) is 0 Å². The van der Waals surface area contributed by atoms with E-state index in [2.05, 4.69) is 4.52 Å². The predicted octanol–water partition coefficient (Wildman–Crippen LogP) is 3.33. The number of para-hydroxylation sites is 1. The van der Waals surface area contributed by atoms with Crippen LogP contribution in [-0.2, 0) is 9.09 Å². The third kappa shape index (κ3) is 4.68. The van der Waals surface area contributed by atoms with E-state index in [-0.39, 0.29) is 5.75 Å². The molecule has 0 spiro atoms. The van der Waals surface area contributed by atoms with Gasteiger partial charge in [0.15, 0.2) is 6.61 Å². The summed E-state index contributed by atoms with van der Waals surface area (Å²) in [5.41, 5.74) is 6.32. The molecule has 0 fully saturated rings. The van der Waals surface area contributed by atoms with Crippen LogP contribution in [0, 0.1) is 13.8 Å². The number of rotatable bonds is 4. The van der Waals surface area contributed by atoms with Crippen molar-refractivity contribution in [1.82, 2.24) is 0 Å². The van der Waals surface area contributed by atoms with E-state index in [1.165, 1.54) is 0 Å². The standard InChI is InChI=1S/C10H13F3NO3P/c1-7-4-3-5-8(2)9(7)17-18(14,15)16-6-10(11,12)13/h3-5H,6H2,1-2H3,(H2,14,15)/t18-/m0/s1. The molecular formula is C10H13F3NO3P. The van der Waals surface area contributed by atoms with Crippen LogP contribution >= 0.6 is 7.75 Å². The van der Waals surface area contributed by atoms with Crippen molar-refractivity contribution in [3.05, 3.63) is 29.3 Å². The second-order valence-electron chi connectivity index (χ2n) is 3.74. The largest absolute Gasteiger partial charge is 0.456 e. The average molecular weight is 283 g/mol. The molecule has 0 unspecified atom stereocenters. The van der Waals surface area contributed by atoms with Gasteiger partial charge in [0, 0.05) is 0 Å². The van der Waals surface area contributed by atoms with Crippen LogP contribution in [0.4, 0.5) is 13.2 Å². The zero-order chi connectivity index (χ0) is 14.0. The number of nitrogens with two attached hydrogens (primary N) is 1. The molecule has 0 heterocycles. The molecule has 102 valence electrons. The second-order valence-corrected chi connectivity index (χ2v) is 5.26. The second kappa shape index (κ2) is 5.30. The SMILES string of the molecule is Cc1cccc(C)c1O[P@@](N)(=O)OCC(F)(F)F. The summed E-state index contributed by atoms with van der Waals surface area (Å²) in [6.07, 6.45) is -4.61. The highest BCUT2D eigenvalue weighted by Gasteiger charge is 2.33. The van der Waals surface area contributed by atoms with E-state index in [0.717, 1.165) is 0 Å². The Morgan fingerprint density at radius 1 is 1.28 bits per heavy atom.